The minimum Gasteiger partial charge on any atom is -0.478 e. The van der Waals surface area contributed by atoms with E-state index in [-0.39, 0.29) is 18.2 Å². The van der Waals surface area contributed by atoms with Gasteiger partial charge in [0.05, 0.1) is 24.6 Å². The fourth-order valence-corrected chi connectivity index (χ4v) is 5.64. The van der Waals surface area contributed by atoms with Crippen LogP contribution >= 0.6 is 0 Å². The molecule has 176 valence electrons. The van der Waals surface area contributed by atoms with E-state index in [0.717, 1.165) is 50.9 Å². The summed E-state index contributed by atoms with van der Waals surface area (Å²) in [5.41, 5.74) is 2.49. The van der Waals surface area contributed by atoms with E-state index in [1.54, 1.807) is 13.8 Å². The number of nitrogens with one attached hydrogen (secondary N) is 2. The zero-order valence-electron chi connectivity index (χ0n) is 19.4. The lowest BCUT2D eigenvalue weighted by Crippen LogP contribution is -2.56. The number of sulfonamides is 1. The zero-order valence-corrected chi connectivity index (χ0v) is 20.2. The maximum Gasteiger partial charge on any atom is 0.217 e. The van der Waals surface area contributed by atoms with E-state index in [4.69, 9.17) is 9.47 Å². The maximum absolute atomic E-state index is 12.3. The normalized spacial score (nSPS) is 27.4. The molecule has 1 saturated heterocycles. The summed E-state index contributed by atoms with van der Waals surface area (Å²) in [5.74, 6) is 1.23. The molecule has 2 fully saturated rings. The van der Waals surface area contributed by atoms with Crippen molar-refractivity contribution in [2.75, 3.05) is 19.8 Å². The lowest BCUT2D eigenvalue weighted by molar-refractivity contribution is 0.00502. The summed E-state index contributed by atoms with van der Waals surface area (Å²) in [5, 5.41) is 3.03. The molecule has 2 heterocycles. The van der Waals surface area contributed by atoms with E-state index in [1.807, 2.05) is 13.1 Å². The summed E-state index contributed by atoms with van der Waals surface area (Å²) in [4.78, 5) is 4.45. The molecule has 1 aliphatic heterocycles. The van der Waals surface area contributed by atoms with E-state index in [2.05, 4.69) is 28.0 Å². The molecule has 1 saturated carbocycles. The molecule has 0 bridgehead atoms. The molecule has 3 rings (SSSR count). The molecule has 0 spiro atoms. The van der Waals surface area contributed by atoms with Crippen molar-refractivity contribution in [1.82, 2.24) is 15.0 Å². The van der Waals surface area contributed by atoms with Gasteiger partial charge in [-0.2, -0.15) is 0 Å². The Morgan fingerprint density at radius 3 is 2.65 bits per heavy atom. The van der Waals surface area contributed by atoms with Gasteiger partial charge < -0.3 is 14.8 Å². The fourth-order valence-electron chi connectivity index (χ4n) is 4.67. The van der Waals surface area contributed by atoms with Crippen LogP contribution in [0.5, 0.6) is 5.88 Å². The van der Waals surface area contributed by atoms with Crippen LogP contribution in [0.1, 0.15) is 76.3 Å². The second-order valence-corrected chi connectivity index (χ2v) is 11.4. The highest BCUT2D eigenvalue weighted by molar-refractivity contribution is 7.90. The number of piperidine rings is 1. The largest absolute Gasteiger partial charge is 0.478 e. The number of aromatic nitrogens is 1. The predicted octanol–water partition coefficient (Wildman–Crippen LogP) is 3.28. The van der Waals surface area contributed by atoms with Gasteiger partial charge in [-0.05, 0) is 90.3 Å². The third kappa shape index (κ3) is 6.40. The van der Waals surface area contributed by atoms with Crippen LogP contribution < -0.4 is 14.8 Å². The Hall–Kier alpha value is -1.22. The van der Waals surface area contributed by atoms with Crippen LogP contribution in [-0.4, -0.2) is 56.6 Å². The highest BCUT2D eigenvalue weighted by Gasteiger charge is 2.32. The maximum atomic E-state index is 12.3. The number of aryl methyl sites for hydroxylation is 1. The van der Waals surface area contributed by atoms with E-state index in [0.29, 0.717) is 19.1 Å². The molecule has 31 heavy (non-hydrogen) atoms. The van der Waals surface area contributed by atoms with Crippen LogP contribution in [0.25, 0.3) is 0 Å². The average Bonchev–Trinajstić information content (AvgIpc) is 2.74. The number of rotatable bonds is 9. The van der Waals surface area contributed by atoms with Gasteiger partial charge in [0.25, 0.3) is 0 Å². The Morgan fingerprint density at radius 1 is 1.23 bits per heavy atom. The average molecular weight is 454 g/mol. The Morgan fingerprint density at radius 2 is 1.97 bits per heavy atom. The first-order valence-corrected chi connectivity index (χ1v) is 13.3. The summed E-state index contributed by atoms with van der Waals surface area (Å²) < 4.78 is 39.6. The zero-order chi connectivity index (χ0) is 22.4. The summed E-state index contributed by atoms with van der Waals surface area (Å²) in [6.45, 7) is 9.62. The molecule has 1 aromatic rings. The van der Waals surface area contributed by atoms with E-state index < -0.39 is 15.3 Å². The first kappa shape index (κ1) is 24.4. The molecular weight excluding hydrogens is 414 g/mol. The van der Waals surface area contributed by atoms with Crippen molar-refractivity contribution in [3.63, 3.8) is 0 Å². The van der Waals surface area contributed by atoms with E-state index >= 15 is 0 Å². The van der Waals surface area contributed by atoms with Crippen molar-refractivity contribution in [3.8, 4) is 5.88 Å². The van der Waals surface area contributed by atoms with Crippen molar-refractivity contribution in [3.05, 3.63) is 23.4 Å². The van der Waals surface area contributed by atoms with Gasteiger partial charge in [-0.15, -0.1) is 0 Å². The van der Waals surface area contributed by atoms with Crippen molar-refractivity contribution in [1.29, 1.82) is 0 Å². The Labute approximate surface area is 187 Å². The Kier molecular flexibility index (Phi) is 8.73. The van der Waals surface area contributed by atoms with Crippen LogP contribution in [-0.2, 0) is 14.8 Å². The Balaban J connectivity index is 1.53. The van der Waals surface area contributed by atoms with Gasteiger partial charge in [0.2, 0.25) is 15.9 Å². The smallest absolute Gasteiger partial charge is 0.217 e. The summed E-state index contributed by atoms with van der Waals surface area (Å²) in [6, 6.07) is 1.97. The summed E-state index contributed by atoms with van der Waals surface area (Å²) in [6.07, 6.45) is 7.96. The minimum atomic E-state index is -3.29. The molecule has 2 N–H and O–H groups in total. The van der Waals surface area contributed by atoms with Crippen LogP contribution in [0, 0.1) is 6.92 Å². The molecule has 2 aliphatic rings. The van der Waals surface area contributed by atoms with Gasteiger partial charge in [0.1, 0.15) is 0 Å². The number of ether oxygens (including phenoxy) is 2. The molecule has 1 aromatic heterocycles. The summed E-state index contributed by atoms with van der Waals surface area (Å²) in [7, 11) is -3.29. The standard InChI is InChI=1S/C23H39N3O4S/c1-5-29-23-22(17(4)12-14-25-23)18-8-10-19(11-9-18)30-15-21-20(7-6-13-24-21)26-31(27,28)16(2)3/h12,14,16,18-21,24,26H,5-11,13,15H2,1-4H3/t18-,19+,20-,21-/m0/s1. The third-order valence-corrected chi connectivity index (χ3v) is 8.44. The fraction of sp³-hybridized carbons (Fsp3) is 0.783. The first-order valence-electron chi connectivity index (χ1n) is 11.8. The van der Waals surface area contributed by atoms with Crippen molar-refractivity contribution in [2.24, 2.45) is 0 Å². The van der Waals surface area contributed by atoms with Gasteiger partial charge in [-0.25, -0.2) is 18.1 Å². The molecule has 2 atom stereocenters. The van der Waals surface area contributed by atoms with Crippen molar-refractivity contribution >= 4 is 10.0 Å². The second kappa shape index (κ2) is 11.1. The molecule has 0 unspecified atom stereocenters. The second-order valence-electron chi connectivity index (χ2n) is 9.11. The molecule has 8 heteroatoms. The number of hydrogen-bond donors (Lipinski definition) is 2. The van der Waals surface area contributed by atoms with Crippen molar-refractivity contribution < 1.29 is 17.9 Å². The van der Waals surface area contributed by atoms with Gasteiger partial charge >= 0.3 is 0 Å². The predicted molar refractivity (Wildman–Crippen MR) is 123 cm³/mol. The van der Waals surface area contributed by atoms with Crippen LogP contribution in [0.15, 0.2) is 12.3 Å². The topological polar surface area (TPSA) is 89.6 Å². The van der Waals surface area contributed by atoms with Crippen LogP contribution in [0.2, 0.25) is 0 Å². The van der Waals surface area contributed by atoms with E-state index in [9.17, 15) is 8.42 Å². The molecule has 0 radical (unpaired) electrons. The minimum absolute atomic E-state index is 0.0186. The SMILES string of the molecule is CCOc1nccc(C)c1[C@H]1CC[C@@H](OC[C@@H]2NCCC[C@@H]2NS(=O)(=O)C(C)C)CC1. The molecule has 0 aromatic carbocycles. The number of nitrogens with zero attached hydrogens (tertiary/aromatic N) is 1. The monoisotopic (exact) mass is 453 g/mol. The van der Waals surface area contributed by atoms with Gasteiger partial charge in [-0.3, -0.25) is 0 Å². The lowest BCUT2D eigenvalue weighted by Gasteiger charge is -2.35. The first-order chi connectivity index (χ1) is 14.8. The van der Waals surface area contributed by atoms with Crippen LogP contribution in [0.4, 0.5) is 0 Å². The lowest BCUT2D eigenvalue weighted by atomic mass is 9.81. The molecule has 7 nitrogen and oxygen atoms in total. The van der Waals surface area contributed by atoms with Gasteiger partial charge in [0, 0.05) is 23.8 Å². The summed E-state index contributed by atoms with van der Waals surface area (Å²) >= 11 is 0. The number of hydrogen-bond acceptors (Lipinski definition) is 6. The van der Waals surface area contributed by atoms with Gasteiger partial charge in [0.15, 0.2) is 0 Å². The highest BCUT2D eigenvalue weighted by Crippen LogP contribution is 2.39. The Bertz CT molecular complexity index is 807. The molecule has 1 aliphatic carbocycles. The van der Waals surface area contributed by atoms with E-state index in [1.165, 1.54) is 11.1 Å². The molecule has 0 amide bonds. The molecular formula is C23H39N3O4S. The quantitative estimate of drug-likeness (QED) is 0.596. The van der Waals surface area contributed by atoms with Crippen molar-refractivity contribution in [2.45, 2.75) is 95.6 Å². The number of pyridine rings is 1. The third-order valence-electron chi connectivity index (χ3n) is 6.57. The highest BCUT2D eigenvalue weighted by atomic mass is 32.2. The van der Waals surface area contributed by atoms with Gasteiger partial charge in [-0.1, -0.05) is 0 Å². The van der Waals surface area contributed by atoms with Crippen LogP contribution in [0.3, 0.4) is 0 Å².